The molecule has 2 N–H and O–H groups in total. The molecule has 90 valence electrons. The number of aliphatic hydroxyl groups excluding tert-OH is 1. The summed E-state index contributed by atoms with van der Waals surface area (Å²) in [6, 6.07) is 0. The van der Waals surface area contributed by atoms with Gasteiger partial charge in [-0.1, -0.05) is 26.7 Å². The van der Waals surface area contributed by atoms with Crippen LogP contribution in [0.5, 0.6) is 0 Å². The lowest BCUT2D eigenvalue weighted by molar-refractivity contribution is -0.131. The number of hydrogen-bond donors (Lipinski definition) is 2. The van der Waals surface area contributed by atoms with E-state index in [1.54, 1.807) is 0 Å². The molecule has 4 heteroatoms. The van der Waals surface area contributed by atoms with Gasteiger partial charge >= 0.3 is 0 Å². The first-order valence-corrected chi connectivity index (χ1v) is 5.48. The molecule has 0 aromatic carbocycles. The molecular weight excluding hydrogens is 197 g/mol. The third-order valence-electron chi connectivity index (χ3n) is 2.60. The van der Waals surface area contributed by atoms with Crippen LogP contribution in [0.2, 0.25) is 0 Å². The highest BCUT2D eigenvalue weighted by Gasteiger charge is 2.27. The third-order valence-corrected chi connectivity index (χ3v) is 2.60. The van der Waals surface area contributed by atoms with E-state index in [2.05, 4.69) is 5.32 Å². The van der Waals surface area contributed by atoms with Crippen molar-refractivity contribution in [1.82, 2.24) is 5.32 Å². The van der Waals surface area contributed by atoms with Crippen molar-refractivity contribution >= 4 is 5.91 Å². The highest BCUT2D eigenvalue weighted by Crippen LogP contribution is 2.13. The topological polar surface area (TPSA) is 49.3 Å². The fraction of sp³-hybridized carbons (Fsp3) is 0.909. The highest BCUT2D eigenvalue weighted by atomic mass is 19.1. The third kappa shape index (κ3) is 5.11. The summed E-state index contributed by atoms with van der Waals surface area (Å²) in [7, 11) is 0. The van der Waals surface area contributed by atoms with E-state index in [-0.39, 0.29) is 12.5 Å². The maximum Gasteiger partial charge on any atom is 0.257 e. The molecule has 0 radical (unpaired) electrons. The van der Waals surface area contributed by atoms with Crippen LogP contribution >= 0.6 is 0 Å². The molecule has 3 nitrogen and oxygen atoms in total. The molecule has 1 atom stereocenters. The standard InChI is InChI=1S/C11H22FNO2/c1-5-8(6-2)9(14)7-13-10(15)11(3,4)12/h8-9,14H,5-7H2,1-4H3,(H,13,15). The van der Waals surface area contributed by atoms with Gasteiger partial charge in [0.1, 0.15) is 0 Å². The number of amides is 1. The van der Waals surface area contributed by atoms with Crippen LogP contribution in [0.4, 0.5) is 4.39 Å². The summed E-state index contributed by atoms with van der Waals surface area (Å²) in [5, 5.41) is 12.1. The van der Waals surface area contributed by atoms with Gasteiger partial charge in [-0.15, -0.1) is 0 Å². The predicted molar refractivity (Wildman–Crippen MR) is 58.3 cm³/mol. The SMILES string of the molecule is CCC(CC)C(O)CNC(=O)C(C)(C)F. The van der Waals surface area contributed by atoms with Crippen LogP contribution in [-0.4, -0.2) is 29.3 Å². The second-order valence-electron chi connectivity index (χ2n) is 4.33. The summed E-state index contributed by atoms with van der Waals surface area (Å²) >= 11 is 0. The summed E-state index contributed by atoms with van der Waals surface area (Å²) in [4.78, 5) is 11.2. The van der Waals surface area contributed by atoms with Crippen molar-refractivity contribution < 1.29 is 14.3 Å². The zero-order valence-corrected chi connectivity index (χ0v) is 10.0. The van der Waals surface area contributed by atoms with Gasteiger partial charge in [0, 0.05) is 6.54 Å². The van der Waals surface area contributed by atoms with Crippen molar-refractivity contribution in [2.45, 2.75) is 52.3 Å². The Kier molecular flexibility index (Phi) is 5.80. The molecule has 0 fully saturated rings. The summed E-state index contributed by atoms with van der Waals surface area (Å²) in [6.45, 7) is 6.49. The lowest BCUT2D eigenvalue weighted by Crippen LogP contribution is -2.43. The molecule has 0 aromatic heterocycles. The highest BCUT2D eigenvalue weighted by molar-refractivity contribution is 5.84. The minimum Gasteiger partial charge on any atom is -0.391 e. The maximum absolute atomic E-state index is 13.1. The average molecular weight is 219 g/mol. The molecule has 0 aliphatic carbocycles. The Balaban J connectivity index is 4.00. The van der Waals surface area contributed by atoms with Gasteiger partial charge in [-0.05, 0) is 19.8 Å². The van der Waals surface area contributed by atoms with Gasteiger partial charge < -0.3 is 10.4 Å². The minimum absolute atomic E-state index is 0.124. The molecule has 0 aliphatic heterocycles. The number of carbonyl (C=O) groups excluding carboxylic acids is 1. The number of halogens is 1. The van der Waals surface area contributed by atoms with Crippen molar-refractivity contribution in [3.05, 3.63) is 0 Å². The van der Waals surface area contributed by atoms with E-state index >= 15 is 0 Å². The van der Waals surface area contributed by atoms with E-state index in [4.69, 9.17) is 0 Å². The summed E-state index contributed by atoms with van der Waals surface area (Å²) in [6.07, 6.45) is 1.12. The average Bonchev–Trinajstić information content (AvgIpc) is 2.14. The lowest BCUT2D eigenvalue weighted by Gasteiger charge is -2.22. The molecule has 0 rings (SSSR count). The van der Waals surface area contributed by atoms with Gasteiger partial charge in [-0.2, -0.15) is 0 Å². The summed E-state index contributed by atoms with van der Waals surface area (Å²) in [5.41, 5.74) is -1.88. The molecule has 0 saturated heterocycles. The fourth-order valence-electron chi connectivity index (χ4n) is 1.41. The van der Waals surface area contributed by atoms with E-state index < -0.39 is 17.7 Å². The van der Waals surface area contributed by atoms with Crippen LogP contribution < -0.4 is 5.32 Å². The summed E-state index contributed by atoms with van der Waals surface area (Å²) < 4.78 is 13.1. The van der Waals surface area contributed by atoms with E-state index in [1.165, 1.54) is 13.8 Å². The van der Waals surface area contributed by atoms with Crippen LogP contribution in [0, 0.1) is 5.92 Å². The summed E-state index contributed by atoms with van der Waals surface area (Å²) in [5.74, 6) is -0.513. The molecule has 0 heterocycles. The molecule has 0 saturated carbocycles. The van der Waals surface area contributed by atoms with Crippen molar-refractivity contribution in [1.29, 1.82) is 0 Å². The molecular formula is C11H22FNO2. The molecule has 1 amide bonds. The van der Waals surface area contributed by atoms with Crippen LogP contribution in [-0.2, 0) is 4.79 Å². The quantitative estimate of drug-likeness (QED) is 0.713. The maximum atomic E-state index is 13.1. The van der Waals surface area contributed by atoms with Crippen molar-refractivity contribution in [2.24, 2.45) is 5.92 Å². The molecule has 0 aromatic rings. The molecule has 0 bridgehead atoms. The first-order chi connectivity index (χ1) is 6.82. The van der Waals surface area contributed by atoms with Crippen molar-refractivity contribution in [3.8, 4) is 0 Å². The Labute approximate surface area is 91.1 Å². The Morgan fingerprint density at radius 1 is 1.40 bits per heavy atom. The number of alkyl halides is 1. The van der Waals surface area contributed by atoms with Gasteiger partial charge in [0.25, 0.3) is 5.91 Å². The zero-order valence-electron chi connectivity index (χ0n) is 10.0. The van der Waals surface area contributed by atoms with E-state index in [9.17, 15) is 14.3 Å². The van der Waals surface area contributed by atoms with Crippen LogP contribution in [0.3, 0.4) is 0 Å². The number of nitrogens with one attached hydrogen (secondary N) is 1. The van der Waals surface area contributed by atoms with E-state index in [0.29, 0.717) is 0 Å². The number of carbonyl (C=O) groups is 1. The fourth-order valence-corrected chi connectivity index (χ4v) is 1.41. The Hall–Kier alpha value is -0.640. The van der Waals surface area contributed by atoms with Gasteiger partial charge in [0.2, 0.25) is 0 Å². The first-order valence-electron chi connectivity index (χ1n) is 5.48. The van der Waals surface area contributed by atoms with Gasteiger partial charge in [-0.25, -0.2) is 4.39 Å². The van der Waals surface area contributed by atoms with Crippen LogP contribution in [0.1, 0.15) is 40.5 Å². The van der Waals surface area contributed by atoms with Crippen molar-refractivity contribution in [3.63, 3.8) is 0 Å². The van der Waals surface area contributed by atoms with Crippen LogP contribution in [0.25, 0.3) is 0 Å². The Bertz CT molecular complexity index is 197. The van der Waals surface area contributed by atoms with Crippen LogP contribution in [0.15, 0.2) is 0 Å². The monoisotopic (exact) mass is 219 g/mol. The molecule has 1 unspecified atom stereocenters. The molecule has 0 aliphatic rings. The Morgan fingerprint density at radius 3 is 2.20 bits per heavy atom. The van der Waals surface area contributed by atoms with E-state index in [1.807, 2.05) is 13.8 Å². The first kappa shape index (κ1) is 14.4. The van der Waals surface area contributed by atoms with Gasteiger partial charge in [0.05, 0.1) is 6.10 Å². The largest absolute Gasteiger partial charge is 0.391 e. The number of hydrogen-bond acceptors (Lipinski definition) is 2. The smallest absolute Gasteiger partial charge is 0.257 e. The second-order valence-corrected chi connectivity index (χ2v) is 4.33. The van der Waals surface area contributed by atoms with Crippen molar-refractivity contribution in [2.75, 3.05) is 6.54 Å². The molecule has 0 spiro atoms. The second kappa shape index (κ2) is 6.05. The zero-order chi connectivity index (χ0) is 12.1. The van der Waals surface area contributed by atoms with Gasteiger partial charge in [0.15, 0.2) is 5.67 Å². The van der Waals surface area contributed by atoms with E-state index in [0.717, 1.165) is 12.8 Å². The predicted octanol–water partition coefficient (Wildman–Crippen LogP) is 1.65. The molecule has 15 heavy (non-hydrogen) atoms. The minimum atomic E-state index is -1.88. The normalized spacial score (nSPS) is 14.1. The number of aliphatic hydroxyl groups is 1. The number of rotatable bonds is 6. The van der Waals surface area contributed by atoms with Gasteiger partial charge in [-0.3, -0.25) is 4.79 Å². The lowest BCUT2D eigenvalue weighted by atomic mass is 9.96. The Morgan fingerprint density at radius 2 is 1.87 bits per heavy atom.